The monoisotopic (exact) mass is 221 g/mol. The van der Waals surface area contributed by atoms with Crippen LogP contribution < -0.4 is 5.32 Å². The van der Waals surface area contributed by atoms with Crippen molar-refractivity contribution in [2.45, 2.75) is 58.7 Å². The molecular formula is C13H23N3. The van der Waals surface area contributed by atoms with Crippen LogP contribution in [0, 0.1) is 5.92 Å². The molecule has 0 atom stereocenters. The van der Waals surface area contributed by atoms with Gasteiger partial charge in [0.25, 0.3) is 0 Å². The Balaban J connectivity index is 1.78. The largest absolute Gasteiger partial charge is 0.310 e. The fourth-order valence-electron chi connectivity index (χ4n) is 2.36. The van der Waals surface area contributed by atoms with Crippen molar-refractivity contribution in [3.63, 3.8) is 0 Å². The molecule has 90 valence electrons. The highest BCUT2D eigenvalue weighted by atomic mass is 15.3. The maximum atomic E-state index is 4.38. The minimum absolute atomic E-state index is 0.663. The third kappa shape index (κ3) is 3.34. The summed E-state index contributed by atoms with van der Waals surface area (Å²) < 4.78 is 2.05. The third-order valence-corrected chi connectivity index (χ3v) is 3.19. The van der Waals surface area contributed by atoms with Crippen molar-refractivity contribution in [3.05, 3.63) is 18.0 Å². The van der Waals surface area contributed by atoms with E-state index in [1.807, 2.05) is 6.20 Å². The molecule has 1 heterocycles. The van der Waals surface area contributed by atoms with Crippen LogP contribution in [0.2, 0.25) is 0 Å². The van der Waals surface area contributed by atoms with E-state index in [9.17, 15) is 0 Å². The molecule has 0 unspecified atom stereocenters. The van der Waals surface area contributed by atoms with Gasteiger partial charge in [0, 0.05) is 30.9 Å². The molecule has 0 radical (unpaired) electrons. The van der Waals surface area contributed by atoms with Gasteiger partial charge in [-0.2, -0.15) is 5.10 Å². The average Bonchev–Trinajstić information content (AvgIpc) is 2.84. The highest BCUT2D eigenvalue weighted by molar-refractivity contribution is 5.03. The number of nitrogens with zero attached hydrogens (tertiary/aromatic N) is 2. The molecule has 2 rings (SSSR count). The molecule has 16 heavy (non-hydrogen) atoms. The molecule has 0 aliphatic heterocycles. The van der Waals surface area contributed by atoms with Crippen LogP contribution >= 0.6 is 0 Å². The zero-order valence-electron chi connectivity index (χ0n) is 10.4. The molecule has 1 N–H and O–H groups in total. The molecule has 1 aromatic rings. The van der Waals surface area contributed by atoms with E-state index in [4.69, 9.17) is 0 Å². The summed E-state index contributed by atoms with van der Waals surface area (Å²) in [5.74, 6) is 0.663. The Kier molecular flexibility index (Phi) is 3.99. The Hall–Kier alpha value is -0.830. The number of nitrogens with one attached hydrogen (secondary N) is 1. The van der Waals surface area contributed by atoms with Gasteiger partial charge in [-0.25, -0.2) is 0 Å². The number of aromatic nitrogens is 2. The summed E-state index contributed by atoms with van der Waals surface area (Å²) in [7, 11) is 0. The van der Waals surface area contributed by atoms with Gasteiger partial charge >= 0.3 is 0 Å². The second kappa shape index (κ2) is 5.48. The summed E-state index contributed by atoms with van der Waals surface area (Å²) in [6, 6.07) is 0.744. The van der Waals surface area contributed by atoms with Crippen LogP contribution in [0.15, 0.2) is 12.4 Å². The van der Waals surface area contributed by atoms with Crippen LogP contribution in [0.3, 0.4) is 0 Å². The molecule has 1 aromatic heterocycles. The highest BCUT2D eigenvalue weighted by Crippen LogP contribution is 2.18. The lowest BCUT2D eigenvalue weighted by molar-refractivity contribution is 0.482. The summed E-state index contributed by atoms with van der Waals surface area (Å²) >= 11 is 0. The second-order valence-electron chi connectivity index (χ2n) is 5.33. The first kappa shape index (κ1) is 11.6. The zero-order valence-corrected chi connectivity index (χ0v) is 10.4. The fraction of sp³-hybridized carbons (Fsp3) is 0.769. The van der Waals surface area contributed by atoms with Crippen LogP contribution in [0.25, 0.3) is 0 Å². The normalized spacial score (nSPS) is 17.4. The van der Waals surface area contributed by atoms with E-state index in [1.165, 1.54) is 31.2 Å². The molecule has 3 heteroatoms. The smallest absolute Gasteiger partial charge is 0.0534 e. The van der Waals surface area contributed by atoms with Crippen molar-refractivity contribution in [2.24, 2.45) is 5.92 Å². The minimum Gasteiger partial charge on any atom is -0.310 e. The van der Waals surface area contributed by atoms with Gasteiger partial charge in [-0.05, 0) is 18.8 Å². The standard InChI is InChI=1S/C13H23N3/c1-11(2)9-16-10-12(8-15-16)7-14-13-5-3-4-6-13/h8,10-11,13-14H,3-7,9H2,1-2H3. The molecule has 1 aliphatic carbocycles. The number of hydrogen-bond donors (Lipinski definition) is 1. The van der Waals surface area contributed by atoms with E-state index in [-0.39, 0.29) is 0 Å². The maximum Gasteiger partial charge on any atom is 0.0534 e. The van der Waals surface area contributed by atoms with Gasteiger partial charge < -0.3 is 5.32 Å². The van der Waals surface area contributed by atoms with E-state index >= 15 is 0 Å². The van der Waals surface area contributed by atoms with Gasteiger partial charge in [0.15, 0.2) is 0 Å². The van der Waals surface area contributed by atoms with Crippen LogP contribution in [0.4, 0.5) is 0 Å². The first-order valence-corrected chi connectivity index (χ1v) is 6.49. The van der Waals surface area contributed by atoms with Crippen LogP contribution in [0.1, 0.15) is 45.1 Å². The quantitative estimate of drug-likeness (QED) is 0.828. The Morgan fingerprint density at radius 2 is 2.19 bits per heavy atom. The minimum atomic E-state index is 0.663. The SMILES string of the molecule is CC(C)Cn1cc(CNC2CCCC2)cn1. The van der Waals surface area contributed by atoms with E-state index in [2.05, 4.69) is 35.1 Å². The molecule has 1 saturated carbocycles. The number of hydrogen-bond acceptors (Lipinski definition) is 2. The fourth-order valence-corrected chi connectivity index (χ4v) is 2.36. The molecular weight excluding hydrogens is 198 g/mol. The first-order chi connectivity index (χ1) is 7.74. The van der Waals surface area contributed by atoms with Crippen molar-refractivity contribution in [1.29, 1.82) is 0 Å². The summed E-state index contributed by atoms with van der Waals surface area (Å²) in [5, 5.41) is 7.99. The van der Waals surface area contributed by atoms with E-state index < -0.39 is 0 Å². The van der Waals surface area contributed by atoms with Gasteiger partial charge in [0.05, 0.1) is 6.20 Å². The predicted octanol–water partition coefficient (Wildman–Crippen LogP) is 2.57. The van der Waals surface area contributed by atoms with Crippen molar-refractivity contribution >= 4 is 0 Å². The summed E-state index contributed by atoms with van der Waals surface area (Å²) in [5.41, 5.74) is 1.31. The Morgan fingerprint density at radius 1 is 1.44 bits per heavy atom. The summed E-state index contributed by atoms with van der Waals surface area (Å²) in [4.78, 5) is 0. The van der Waals surface area contributed by atoms with Gasteiger partial charge in [0.2, 0.25) is 0 Å². The van der Waals surface area contributed by atoms with Crippen molar-refractivity contribution in [1.82, 2.24) is 15.1 Å². The third-order valence-electron chi connectivity index (χ3n) is 3.19. The first-order valence-electron chi connectivity index (χ1n) is 6.49. The second-order valence-corrected chi connectivity index (χ2v) is 5.33. The molecule has 1 fully saturated rings. The lowest BCUT2D eigenvalue weighted by atomic mass is 10.2. The highest BCUT2D eigenvalue weighted by Gasteiger charge is 2.14. The Bertz CT molecular complexity index is 311. The van der Waals surface area contributed by atoms with Crippen LogP contribution in [-0.2, 0) is 13.1 Å². The molecule has 1 aliphatic rings. The van der Waals surface area contributed by atoms with E-state index in [0.29, 0.717) is 5.92 Å². The van der Waals surface area contributed by atoms with Crippen LogP contribution in [0.5, 0.6) is 0 Å². The lowest BCUT2D eigenvalue weighted by Gasteiger charge is -2.10. The van der Waals surface area contributed by atoms with Crippen molar-refractivity contribution in [3.8, 4) is 0 Å². The molecule has 0 aromatic carbocycles. The molecule has 0 amide bonds. The average molecular weight is 221 g/mol. The van der Waals surface area contributed by atoms with Crippen molar-refractivity contribution < 1.29 is 0 Å². The molecule has 3 nitrogen and oxygen atoms in total. The van der Waals surface area contributed by atoms with Crippen molar-refractivity contribution in [2.75, 3.05) is 0 Å². The van der Waals surface area contributed by atoms with E-state index in [1.54, 1.807) is 0 Å². The topological polar surface area (TPSA) is 29.9 Å². The van der Waals surface area contributed by atoms with Gasteiger partial charge in [-0.15, -0.1) is 0 Å². The summed E-state index contributed by atoms with van der Waals surface area (Å²) in [6.45, 7) is 6.43. The molecule has 0 saturated heterocycles. The van der Waals surface area contributed by atoms with Crippen LogP contribution in [-0.4, -0.2) is 15.8 Å². The Labute approximate surface area is 98.2 Å². The molecule has 0 bridgehead atoms. The number of rotatable bonds is 5. The zero-order chi connectivity index (χ0) is 11.4. The van der Waals surface area contributed by atoms with Gasteiger partial charge in [-0.1, -0.05) is 26.7 Å². The maximum absolute atomic E-state index is 4.38. The van der Waals surface area contributed by atoms with E-state index in [0.717, 1.165) is 19.1 Å². The van der Waals surface area contributed by atoms with Gasteiger partial charge in [0.1, 0.15) is 0 Å². The lowest BCUT2D eigenvalue weighted by Crippen LogP contribution is -2.25. The summed E-state index contributed by atoms with van der Waals surface area (Å²) in [6.07, 6.45) is 9.64. The molecule has 0 spiro atoms. The Morgan fingerprint density at radius 3 is 2.88 bits per heavy atom. The van der Waals surface area contributed by atoms with Gasteiger partial charge in [-0.3, -0.25) is 4.68 Å². The predicted molar refractivity (Wildman–Crippen MR) is 66.2 cm³/mol.